The zero-order chi connectivity index (χ0) is 29.0. The summed E-state index contributed by atoms with van der Waals surface area (Å²) in [5.41, 5.74) is 2.96. The number of nitrogens with one attached hydrogen (secondary N) is 2. The molecule has 0 bridgehead atoms. The average Bonchev–Trinajstić information content (AvgIpc) is 3.59. The van der Waals surface area contributed by atoms with Gasteiger partial charge in [0, 0.05) is 36.6 Å². The van der Waals surface area contributed by atoms with E-state index in [0.717, 1.165) is 27.7 Å². The molecule has 2 aliphatic heterocycles. The molecule has 5 rings (SSSR count). The summed E-state index contributed by atoms with van der Waals surface area (Å²) < 4.78 is 0. The molecular formula is C32H37N5O3. The fourth-order valence-corrected chi connectivity index (χ4v) is 6.09. The molecular weight excluding hydrogens is 502 g/mol. The van der Waals surface area contributed by atoms with Gasteiger partial charge in [-0.3, -0.25) is 14.4 Å². The molecule has 2 aliphatic rings. The Morgan fingerprint density at radius 1 is 1.18 bits per heavy atom. The van der Waals surface area contributed by atoms with Crippen molar-refractivity contribution in [3.05, 3.63) is 65.4 Å². The number of fused-ring (bicyclic) bond motifs is 3. The van der Waals surface area contributed by atoms with E-state index in [9.17, 15) is 19.6 Å². The van der Waals surface area contributed by atoms with Gasteiger partial charge in [0.1, 0.15) is 17.8 Å². The van der Waals surface area contributed by atoms with Gasteiger partial charge < -0.3 is 20.1 Å². The van der Waals surface area contributed by atoms with Gasteiger partial charge >= 0.3 is 0 Å². The van der Waals surface area contributed by atoms with Crippen LogP contribution in [0.15, 0.2) is 48.5 Å². The summed E-state index contributed by atoms with van der Waals surface area (Å²) in [7, 11) is 1.64. The molecule has 1 fully saturated rings. The molecule has 3 heterocycles. The first-order chi connectivity index (χ1) is 18.9. The molecule has 208 valence electrons. The van der Waals surface area contributed by atoms with Gasteiger partial charge in [-0.1, -0.05) is 65.0 Å². The van der Waals surface area contributed by atoms with E-state index in [1.54, 1.807) is 7.05 Å². The monoisotopic (exact) mass is 539 g/mol. The van der Waals surface area contributed by atoms with Crippen LogP contribution in [0.3, 0.4) is 0 Å². The maximum atomic E-state index is 14.2. The lowest BCUT2D eigenvalue weighted by Crippen LogP contribution is -2.52. The second kappa shape index (κ2) is 9.81. The molecule has 0 aliphatic carbocycles. The Bertz CT molecular complexity index is 1540. The molecule has 0 radical (unpaired) electrons. The van der Waals surface area contributed by atoms with Crippen LogP contribution in [0.1, 0.15) is 69.1 Å². The summed E-state index contributed by atoms with van der Waals surface area (Å²) >= 11 is 0. The second-order valence-corrected chi connectivity index (χ2v) is 12.7. The quantitative estimate of drug-likeness (QED) is 0.477. The van der Waals surface area contributed by atoms with E-state index in [0.29, 0.717) is 12.1 Å². The van der Waals surface area contributed by atoms with Crippen LogP contribution in [0.2, 0.25) is 0 Å². The van der Waals surface area contributed by atoms with Crippen LogP contribution in [-0.2, 0) is 20.4 Å². The number of hydrogen-bond acceptors (Lipinski definition) is 4. The molecule has 1 spiro atoms. The first-order valence-electron chi connectivity index (χ1n) is 13.9. The lowest BCUT2D eigenvalue weighted by Gasteiger charge is -2.33. The summed E-state index contributed by atoms with van der Waals surface area (Å²) in [6.07, 6.45) is 0.655. The van der Waals surface area contributed by atoms with E-state index in [4.69, 9.17) is 0 Å². The highest BCUT2D eigenvalue weighted by Crippen LogP contribution is 2.46. The molecule has 1 saturated heterocycles. The molecule has 3 amide bonds. The largest absolute Gasteiger partial charge is 0.351 e. The van der Waals surface area contributed by atoms with Gasteiger partial charge in [0.05, 0.1) is 11.5 Å². The van der Waals surface area contributed by atoms with Crippen molar-refractivity contribution < 1.29 is 14.4 Å². The summed E-state index contributed by atoms with van der Waals surface area (Å²) in [5, 5.41) is 13.9. The highest BCUT2D eigenvalue weighted by atomic mass is 16.2. The number of rotatable bonds is 5. The Labute approximate surface area is 235 Å². The van der Waals surface area contributed by atoms with Crippen molar-refractivity contribution in [2.45, 2.75) is 70.4 Å². The minimum atomic E-state index is -0.973. The molecule has 40 heavy (non-hydrogen) atoms. The van der Waals surface area contributed by atoms with Crippen molar-refractivity contribution in [2.75, 3.05) is 18.9 Å². The molecule has 8 heteroatoms. The van der Waals surface area contributed by atoms with Crippen LogP contribution in [0.5, 0.6) is 0 Å². The fraction of sp³-hybridized carbons (Fsp3) is 0.438. The van der Waals surface area contributed by atoms with E-state index in [-0.39, 0.29) is 42.0 Å². The van der Waals surface area contributed by atoms with E-state index in [1.165, 1.54) is 9.80 Å². The summed E-state index contributed by atoms with van der Waals surface area (Å²) in [6, 6.07) is 16.1. The Morgan fingerprint density at radius 3 is 2.58 bits per heavy atom. The lowest BCUT2D eigenvalue weighted by atomic mass is 9.80. The topological polar surface area (TPSA) is 109 Å². The third kappa shape index (κ3) is 4.53. The number of hydrogen-bond donors (Lipinski definition) is 2. The molecule has 2 N–H and O–H groups in total. The molecule has 1 aromatic heterocycles. The van der Waals surface area contributed by atoms with Gasteiger partial charge in [0.15, 0.2) is 0 Å². The van der Waals surface area contributed by atoms with Gasteiger partial charge in [-0.05, 0) is 47.1 Å². The molecule has 3 aromatic rings. The van der Waals surface area contributed by atoms with Gasteiger partial charge in [-0.25, -0.2) is 0 Å². The number of amides is 3. The number of carbonyl (C=O) groups is 3. The van der Waals surface area contributed by atoms with Crippen LogP contribution in [0.25, 0.3) is 10.9 Å². The summed E-state index contributed by atoms with van der Waals surface area (Å²) in [5.74, 6) is -0.675. The van der Waals surface area contributed by atoms with Crippen molar-refractivity contribution in [1.82, 2.24) is 14.8 Å². The number of nitrogens with zero attached hydrogens (tertiary/aromatic N) is 3. The van der Waals surface area contributed by atoms with Crippen molar-refractivity contribution in [2.24, 2.45) is 5.92 Å². The standard InChI is InChI=1S/C32H37N5O3/c1-19(2)13-27(36(6)28(38)26-14-20-11-12-21(31(3,4)5)15-25(20)34-26)29(39)37-18-32(16-22(37)17-33)23-9-7-8-10-24(23)35-30(32)40/h7-12,14-15,19,22,27,34H,13,16,18H2,1-6H3,(H,35,40)/t22-,27-,32-/m0/s1. The van der Waals surface area contributed by atoms with Crippen LogP contribution in [-0.4, -0.2) is 58.2 Å². The minimum absolute atomic E-state index is 0.0316. The first kappa shape index (κ1) is 27.4. The van der Waals surface area contributed by atoms with Crippen LogP contribution in [0.4, 0.5) is 5.69 Å². The van der Waals surface area contributed by atoms with Crippen LogP contribution < -0.4 is 5.32 Å². The highest BCUT2D eigenvalue weighted by molar-refractivity contribution is 6.07. The number of anilines is 1. The Morgan fingerprint density at radius 2 is 1.90 bits per heavy atom. The van der Waals surface area contributed by atoms with Gasteiger partial charge in [0.2, 0.25) is 11.8 Å². The van der Waals surface area contributed by atoms with Gasteiger partial charge in [0.25, 0.3) is 5.91 Å². The highest BCUT2D eigenvalue weighted by Gasteiger charge is 2.56. The zero-order valence-electron chi connectivity index (χ0n) is 24.0. The number of aromatic nitrogens is 1. The van der Waals surface area contributed by atoms with Crippen LogP contribution in [0, 0.1) is 17.2 Å². The summed E-state index contributed by atoms with van der Waals surface area (Å²) in [6.45, 7) is 10.5. The average molecular weight is 540 g/mol. The number of likely N-dealkylation sites (tertiary alicyclic amines) is 1. The Balaban J connectivity index is 1.45. The number of nitriles is 1. The number of likely N-dealkylation sites (N-methyl/N-ethyl adjacent to an activating group) is 1. The summed E-state index contributed by atoms with van der Waals surface area (Å²) in [4.78, 5) is 47.4. The molecule has 0 unspecified atom stereocenters. The van der Waals surface area contributed by atoms with E-state index >= 15 is 0 Å². The van der Waals surface area contributed by atoms with Crippen molar-refractivity contribution in [1.29, 1.82) is 5.26 Å². The normalized spacial score (nSPS) is 21.0. The van der Waals surface area contributed by atoms with Gasteiger partial charge in [-0.15, -0.1) is 0 Å². The van der Waals surface area contributed by atoms with Crippen molar-refractivity contribution in [3.63, 3.8) is 0 Å². The predicted octanol–water partition coefficient (Wildman–Crippen LogP) is 4.97. The smallest absolute Gasteiger partial charge is 0.270 e. The SMILES string of the molecule is CC(C)C[C@@H](C(=O)N1C[C@]2(C[C@H]1C#N)C(=O)Nc1ccccc12)N(C)C(=O)c1cc2ccc(C(C)(C)C)cc2[nH]1. The van der Waals surface area contributed by atoms with E-state index < -0.39 is 17.5 Å². The number of carbonyl (C=O) groups excluding carboxylic acids is 3. The van der Waals surface area contributed by atoms with E-state index in [2.05, 4.69) is 49.3 Å². The maximum absolute atomic E-state index is 14.2. The van der Waals surface area contributed by atoms with Gasteiger partial charge in [-0.2, -0.15) is 5.26 Å². The fourth-order valence-electron chi connectivity index (χ4n) is 6.09. The molecule has 0 saturated carbocycles. The third-order valence-electron chi connectivity index (χ3n) is 8.40. The molecule has 2 aromatic carbocycles. The lowest BCUT2D eigenvalue weighted by molar-refractivity contribution is -0.136. The Hall–Kier alpha value is -4.12. The Kier molecular flexibility index (Phi) is 6.73. The van der Waals surface area contributed by atoms with Crippen molar-refractivity contribution >= 4 is 34.3 Å². The number of aromatic amines is 1. The predicted molar refractivity (Wildman–Crippen MR) is 155 cm³/mol. The second-order valence-electron chi connectivity index (χ2n) is 12.7. The zero-order valence-corrected chi connectivity index (χ0v) is 24.0. The number of H-pyrrole nitrogens is 1. The molecule has 8 nitrogen and oxygen atoms in total. The third-order valence-corrected chi connectivity index (χ3v) is 8.40. The van der Waals surface area contributed by atoms with E-state index in [1.807, 2.05) is 50.2 Å². The maximum Gasteiger partial charge on any atom is 0.270 e. The number of para-hydroxylation sites is 1. The minimum Gasteiger partial charge on any atom is -0.351 e. The molecule has 3 atom stereocenters. The van der Waals surface area contributed by atoms with Crippen LogP contribution >= 0.6 is 0 Å². The number of benzene rings is 2. The van der Waals surface area contributed by atoms with Crippen molar-refractivity contribution in [3.8, 4) is 6.07 Å². The first-order valence-corrected chi connectivity index (χ1v) is 13.9.